The Morgan fingerprint density at radius 2 is 1.92 bits per heavy atom. The molecule has 1 atom stereocenters. The largest absolute Gasteiger partial charge is 0.481 e. The first kappa shape index (κ1) is 33.8. The van der Waals surface area contributed by atoms with Crippen molar-refractivity contribution in [1.82, 2.24) is 29.3 Å². The summed E-state index contributed by atoms with van der Waals surface area (Å²) in [5.74, 6) is -0.867. The molecule has 2 aliphatic heterocycles. The molecule has 0 unspecified atom stereocenters. The van der Waals surface area contributed by atoms with Crippen molar-refractivity contribution in [2.24, 2.45) is 13.0 Å². The molecule has 14 heteroatoms. The summed E-state index contributed by atoms with van der Waals surface area (Å²) in [6, 6.07) is 10.8. The lowest BCUT2D eigenvalue weighted by atomic mass is 10.1. The number of amides is 1. The Kier molecular flexibility index (Phi) is 10.3. The monoisotopic (exact) mass is 695 g/mol. The molecule has 0 aliphatic carbocycles. The van der Waals surface area contributed by atoms with Gasteiger partial charge in [0.15, 0.2) is 5.82 Å². The van der Waals surface area contributed by atoms with Gasteiger partial charge >= 0.3 is 5.97 Å². The van der Waals surface area contributed by atoms with Crippen LogP contribution >= 0.6 is 23.2 Å². The van der Waals surface area contributed by atoms with Crippen molar-refractivity contribution in [1.29, 1.82) is 0 Å². The Hall–Kier alpha value is -4.10. The van der Waals surface area contributed by atoms with Crippen molar-refractivity contribution >= 4 is 40.8 Å². The lowest BCUT2D eigenvalue weighted by molar-refractivity contribution is -0.141. The minimum atomic E-state index is -0.778. The zero-order chi connectivity index (χ0) is 33.9. The molecule has 3 aromatic heterocycles. The van der Waals surface area contributed by atoms with Crippen molar-refractivity contribution in [3.63, 3.8) is 0 Å². The number of benzene rings is 1. The maximum absolute atomic E-state index is 13.4. The molecular weight excluding hydrogens is 660 g/mol. The number of aromatic nitrogens is 4. The number of nitrogens with one attached hydrogen (secondary N) is 1. The highest BCUT2D eigenvalue weighted by atomic mass is 35.5. The van der Waals surface area contributed by atoms with Gasteiger partial charge < -0.3 is 19.7 Å². The Balaban J connectivity index is 1.22. The van der Waals surface area contributed by atoms with E-state index in [4.69, 9.17) is 32.9 Å². The zero-order valence-corrected chi connectivity index (χ0v) is 28.2. The van der Waals surface area contributed by atoms with Gasteiger partial charge in [0.2, 0.25) is 5.88 Å². The minimum Gasteiger partial charge on any atom is -0.481 e. The van der Waals surface area contributed by atoms with Crippen molar-refractivity contribution in [2.75, 3.05) is 45.3 Å². The predicted octanol–water partition coefficient (Wildman–Crippen LogP) is 5.74. The highest BCUT2D eigenvalue weighted by molar-refractivity contribution is 6.39. The Morgan fingerprint density at radius 1 is 1.08 bits per heavy atom. The number of aliphatic carboxylic acids is 1. The summed E-state index contributed by atoms with van der Waals surface area (Å²) in [4.78, 5) is 42.9. The van der Waals surface area contributed by atoms with Crippen LogP contribution in [0.3, 0.4) is 0 Å². The summed E-state index contributed by atoms with van der Waals surface area (Å²) in [5, 5.41) is 12.8. The van der Waals surface area contributed by atoms with Crippen LogP contribution in [0.15, 0.2) is 42.6 Å². The van der Waals surface area contributed by atoms with E-state index in [1.165, 1.54) is 0 Å². The summed E-state index contributed by atoms with van der Waals surface area (Å²) in [5.41, 5.74) is 5.15. The molecule has 48 heavy (non-hydrogen) atoms. The van der Waals surface area contributed by atoms with Crippen LogP contribution in [0.25, 0.3) is 22.5 Å². The Labute approximate surface area is 287 Å². The van der Waals surface area contributed by atoms with E-state index >= 15 is 0 Å². The Morgan fingerprint density at radius 3 is 2.67 bits per heavy atom. The molecule has 0 radical (unpaired) electrons. The van der Waals surface area contributed by atoms with E-state index in [1.54, 1.807) is 42.1 Å². The maximum atomic E-state index is 13.4. The fourth-order valence-corrected chi connectivity index (χ4v) is 6.99. The number of rotatable bonds is 11. The van der Waals surface area contributed by atoms with E-state index < -0.39 is 11.9 Å². The first-order valence-corrected chi connectivity index (χ1v) is 16.5. The van der Waals surface area contributed by atoms with Gasteiger partial charge in [0.1, 0.15) is 0 Å². The molecule has 2 aliphatic rings. The van der Waals surface area contributed by atoms with Crippen LogP contribution in [0.1, 0.15) is 40.4 Å². The Bertz CT molecular complexity index is 1850. The first-order valence-electron chi connectivity index (χ1n) is 15.8. The topological polar surface area (TPSA) is 126 Å². The fourth-order valence-electron chi connectivity index (χ4n) is 6.41. The third kappa shape index (κ3) is 6.88. The number of carbonyl (C=O) groups excluding carboxylic acids is 1. The number of fused-ring (bicyclic) bond motifs is 1. The second-order valence-corrected chi connectivity index (χ2v) is 12.8. The second-order valence-electron chi connectivity index (χ2n) is 12.0. The predicted molar refractivity (Wildman–Crippen MR) is 181 cm³/mol. The smallest absolute Gasteiger partial charge is 0.307 e. The molecule has 252 valence electrons. The third-order valence-corrected chi connectivity index (χ3v) is 9.75. The maximum Gasteiger partial charge on any atom is 0.307 e. The van der Waals surface area contributed by atoms with E-state index in [-0.39, 0.29) is 23.4 Å². The summed E-state index contributed by atoms with van der Waals surface area (Å²) >= 11 is 13.8. The summed E-state index contributed by atoms with van der Waals surface area (Å²) in [7, 11) is 3.37. The summed E-state index contributed by atoms with van der Waals surface area (Å²) in [6.07, 6.45) is 3.43. The van der Waals surface area contributed by atoms with E-state index in [9.17, 15) is 19.1 Å². The number of carbonyl (C=O) groups is 2. The van der Waals surface area contributed by atoms with Crippen LogP contribution in [0.5, 0.6) is 5.88 Å². The highest BCUT2D eigenvalue weighted by Crippen LogP contribution is 2.40. The van der Waals surface area contributed by atoms with Crippen LogP contribution in [-0.2, 0) is 31.4 Å². The number of carboxylic acid groups (broad SMARTS) is 1. The molecule has 2 N–H and O–H groups in total. The zero-order valence-electron chi connectivity index (χ0n) is 26.7. The van der Waals surface area contributed by atoms with Crippen LogP contribution in [0.4, 0.5) is 10.1 Å². The van der Waals surface area contributed by atoms with Gasteiger partial charge in [-0.3, -0.25) is 28.8 Å². The van der Waals surface area contributed by atoms with Gasteiger partial charge in [-0.2, -0.15) is 0 Å². The van der Waals surface area contributed by atoms with Crippen LogP contribution in [-0.4, -0.2) is 86.3 Å². The minimum absolute atomic E-state index is 0.264. The molecule has 1 amide bonds. The first-order chi connectivity index (χ1) is 23.2. The van der Waals surface area contributed by atoms with Gasteiger partial charge in [0.05, 0.1) is 52.5 Å². The average molecular weight is 697 g/mol. The number of alkyl halides is 1. The number of halogens is 3. The number of pyridine rings is 2. The van der Waals surface area contributed by atoms with Crippen molar-refractivity contribution < 1.29 is 23.8 Å². The van der Waals surface area contributed by atoms with Gasteiger partial charge in [-0.05, 0) is 37.6 Å². The highest BCUT2D eigenvalue weighted by Gasteiger charge is 2.29. The van der Waals surface area contributed by atoms with Crippen molar-refractivity contribution in [2.45, 2.75) is 32.4 Å². The molecule has 6 rings (SSSR count). The summed E-state index contributed by atoms with van der Waals surface area (Å²) < 4.78 is 20.1. The number of imidazole rings is 1. The number of nitrogens with zero attached hydrogens (tertiary/aromatic N) is 6. The van der Waals surface area contributed by atoms with E-state index in [0.717, 1.165) is 29.9 Å². The number of ether oxygens (including phenoxy) is 1. The SMILES string of the molecule is COc1nc(-c2ccnc(-c3cccc(NC(=O)c4nc5c(n4C)CCN(CCCF)C5)c3Cl)c2Cl)ccc1CN1CC[C@H](C(=O)O)C1. The fraction of sp³-hybridized carbons (Fsp3) is 0.382. The van der Waals surface area contributed by atoms with E-state index in [2.05, 4.69) is 25.1 Å². The molecular formula is C34H36Cl2FN7O4. The van der Waals surface area contributed by atoms with E-state index in [0.29, 0.717) is 84.7 Å². The van der Waals surface area contributed by atoms with Crippen LogP contribution in [0.2, 0.25) is 10.0 Å². The lowest BCUT2D eigenvalue weighted by Gasteiger charge is -2.26. The molecule has 0 saturated carbocycles. The van der Waals surface area contributed by atoms with Gasteiger partial charge in [-0.1, -0.05) is 41.4 Å². The van der Waals surface area contributed by atoms with Gasteiger partial charge in [0, 0.05) is 74.8 Å². The number of hydrogen-bond acceptors (Lipinski definition) is 8. The van der Waals surface area contributed by atoms with Gasteiger partial charge in [-0.25, -0.2) is 9.97 Å². The van der Waals surface area contributed by atoms with E-state index in [1.807, 2.05) is 19.2 Å². The molecule has 11 nitrogen and oxygen atoms in total. The van der Waals surface area contributed by atoms with Crippen molar-refractivity contribution in [3.8, 4) is 28.4 Å². The molecule has 4 aromatic rings. The van der Waals surface area contributed by atoms with Gasteiger partial charge in [-0.15, -0.1) is 0 Å². The molecule has 1 aromatic carbocycles. The number of carboxylic acids is 1. The van der Waals surface area contributed by atoms with Crippen LogP contribution < -0.4 is 10.1 Å². The van der Waals surface area contributed by atoms with Gasteiger partial charge in [0.25, 0.3) is 5.91 Å². The second kappa shape index (κ2) is 14.6. The average Bonchev–Trinajstić information content (AvgIpc) is 3.69. The molecule has 5 heterocycles. The van der Waals surface area contributed by atoms with Crippen molar-refractivity contribution in [3.05, 3.63) is 75.4 Å². The summed E-state index contributed by atoms with van der Waals surface area (Å²) in [6.45, 7) is 3.33. The standard InChI is InChI=1S/C34H36Cl2FN7O4/c1-42-27-11-16-43(14-4-12-37)19-26(27)39-31(42)32(45)40-25-6-3-5-23(28(25)35)30-29(36)22(9-13-38-30)24-8-7-20(33(41-24)48-2)17-44-15-10-21(18-44)34(46)47/h3,5-9,13,21H,4,10-12,14-19H2,1-2H3,(H,40,45)(H,46,47)/t21-/m0/s1. The number of likely N-dealkylation sites (tertiary alicyclic amines) is 1. The quantitative estimate of drug-likeness (QED) is 0.202. The van der Waals surface area contributed by atoms with Crippen LogP contribution in [0, 0.1) is 5.92 Å². The number of methoxy groups -OCH3 is 1. The lowest BCUT2D eigenvalue weighted by Crippen LogP contribution is -2.32. The number of hydrogen-bond donors (Lipinski definition) is 2. The molecule has 0 spiro atoms. The number of anilines is 1. The molecule has 0 bridgehead atoms. The third-order valence-electron chi connectivity index (χ3n) is 8.96. The normalized spacial score (nSPS) is 16.6. The molecule has 1 fully saturated rings. The molecule has 1 saturated heterocycles.